The van der Waals surface area contributed by atoms with Crippen LogP contribution in [0.3, 0.4) is 0 Å². The van der Waals surface area contributed by atoms with E-state index in [1.54, 1.807) is 11.8 Å². The van der Waals surface area contributed by atoms with Gasteiger partial charge in [0.25, 0.3) is 0 Å². The van der Waals surface area contributed by atoms with E-state index in [1.165, 1.54) is 12.0 Å². The highest BCUT2D eigenvalue weighted by atomic mass is 35.5. The zero-order valence-electron chi connectivity index (χ0n) is 17.8. The molecule has 0 saturated carbocycles. The molecule has 0 amide bonds. The first-order valence-electron chi connectivity index (χ1n) is 10.4. The second kappa shape index (κ2) is 12.3. The van der Waals surface area contributed by atoms with E-state index in [4.69, 9.17) is 21.4 Å². The molecule has 0 fully saturated rings. The van der Waals surface area contributed by atoms with E-state index in [0.29, 0.717) is 19.5 Å². The van der Waals surface area contributed by atoms with E-state index in [2.05, 4.69) is 61.6 Å². The van der Waals surface area contributed by atoms with Crippen molar-refractivity contribution in [3.63, 3.8) is 0 Å². The van der Waals surface area contributed by atoms with Crippen LogP contribution in [-0.4, -0.2) is 28.2 Å². The predicted molar refractivity (Wildman–Crippen MR) is 129 cm³/mol. The number of rotatable bonds is 13. The zero-order valence-corrected chi connectivity index (χ0v) is 20.3. The van der Waals surface area contributed by atoms with Crippen molar-refractivity contribution in [2.45, 2.75) is 56.4 Å². The van der Waals surface area contributed by atoms with Crippen LogP contribution in [-0.2, 0) is 16.5 Å². The van der Waals surface area contributed by atoms with Crippen molar-refractivity contribution in [3.05, 3.63) is 64.7 Å². The van der Waals surface area contributed by atoms with Crippen LogP contribution in [0.15, 0.2) is 53.4 Å². The van der Waals surface area contributed by atoms with Gasteiger partial charge in [0, 0.05) is 11.4 Å². The summed E-state index contributed by atoms with van der Waals surface area (Å²) in [7, 11) is -3.90. The SMILES string of the molecule is CC(C)(CCCCSc1ccc(CNCCCP(=O)(O)O)cc1Cl)c1ccccc1. The van der Waals surface area contributed by atoms with Gasteiger partial charge in [-0.25, -0.2) is 0 Å². The highest BCUT2D eigenvalue weighted by Gasteiger charge is 2.19. The van der Waals surface area contributed by atoms with Gasteiger partial charge in [-0.3, -0.25) is 4.57 Å². The minimum atomic E-state index is -3.90. The van der Waals surface area contributed by atoms with E-state index in [-0.39, 0.29) is 11.6 Å². The molecule has 4 nitrogen and oxygen atoms in total. The largest absolute Gasteiger partial charge is 0.325 e. The van der Waals surface area contributed by atoms with Crippen LogP contribution < -0.4 is 5.32 Å². The van der Waals surface area contributed by atoms with Gasteiger partial charge < -0.3 is 15.1 Å². The van der Waals surface area contributed by atoms with Crippen molar-refractivity contribution < 1.29 is 14.4 Å². The summed E-state index contributed by atoms with van der Waals surface area (Å²) in [5.41, 5.74) is 2.67. The molecule has 0 aliphatic heterocycles. The van der Waals surface area contributed by atoms with Gasteiger partial charge in [0.05, 0.1) is 11.2 Å². The summed E-state index contributed by atoms with van der Waals surface area (Å²) in [5.74, 6) is 1.05. The number of thioether (sulfide) groups is 1. The van der Waals surface area contributed by atoms with E-state index in [0.717, 1.165) is 34.1 Å². The Labute approximate surface area is 190 Å². The van der Waals surface area contributed by atoms with E-state index in [9.17, 15) is 4.57 Å². The Morgan fingerprint density at radius 1 is 1.07 bits per heavy atom. The fourth-order valence-electron chi connectivity index (χ4n) is 3.30. The van der Waals surface area contributed by atoms with Crippen molar-refractivity contribution in [2.24, 2.45) is 0 Å². The second-order valence-electron chi connectivity index (χ2n) is 8.24. The highest BCUT2D eigenvalue weighted by Crippen LogP contribution is 2.34. The summed E-state index contributed by atoms with van der Waals surface area (Å²) in [6, 6.07) is 16.8. The number of unbranched alkanes of at least 4 members (excludes halogenated alkanes) is 1. The molecule has 2 rings (SSSR count). The van der Waals surface area contributed by atoms with E-state index < -0.39 is 7.60 Å². The fourth-order valence-corrected chi connectivity index (χ4v) is 5.17. The maximum Gasteiger partial charge on any atom is 0.325 e. The molecule has 166 valence electrons. The standard InChI is InChI=1S/C23H33ClNO3PS/c1-23(2,20-9-4-3-5-10-20)13-6-7-16-30-22-12-11-19(17-21(22)24)18-25-14-8-15-29(26,27)28/h3-5,9-12,17,25H,6-8,13-16,18H2,1-2H3,(H2,26,27,28). The third kappa shape index (κ3) is 9.55. The number of benzene rings is 2. The lowest BCUT2D eigenvalue weighted by Crippen LogP contribution is -2.16. The molecule has 7 heteroatoms. The third-order valence-corrected chi connectivity index (χ3v) is 7.62. The average Bonchev–Trinajstić information content (AvgIpc) is 2.68. The second-order valence-corrected chi connectivity index (χ2v) is 11.6. The minimum absolute atomic E-state index is 0.0845. The van der Waals surface area contributed by atoms with Crippen molar-refractivity contribution in [3.8, 4) is 0 Å². The maximum absolute atomic E-state index is 10.8. The molecule has 0 spiro atoms. The molecule has 30 heavy (non-hydrogen) atoms. The monoisotopic (exact) mass is 469 g/mol. The molecule has 2 aromatic carbocycles. The van der Waals surface area contributed by atoms with Gasteiger partial charge in [-0.1, -0.05) is 68.3 Å². The number of hydrogen-bond acceptors (Lipinski definition) is 3. The minimum Gasteiger partial charge on any atom is -0.324 e. The summed E-state index contributed by atoms with van der Waals surface area (Å²) < 4.78 is 10.8. The molecule has 0 heterocycles. The van der Waals surface area contributed by atoms with Crippen LogP contribution in [0.25, 0.3) is 0 Å². The Balaban J connectivity index is 1.68. The summed E-state index contributed by atoms with van der Waals surface area (Å²) in [5, 5.41) is 3.96. The molecule has 0 saturated heterocycles. The number of hydrogen-bond donors (Lipinski definition) is 3. The van der Waals surface area contributed by atoms with Gasteiger partial charge in [0.15, 0.2) is 0 Å². The van der Waals surface area contributed by atoms with Gasteiger partial charge in [0.2, 0.25) is 0 Å². The van der Waals surface area contributed by atoms with Crippen molar-refractivity contribution >= 4 is 31.0 Å². The Kier molecular flexibility index (Phi) is 10.4. The van der Waals surface area contributed by atoms with Crippen molar-refractivity contribution in [2.75, 3.05) is 18.5 Å². The number of halogens is 1. The average molecular weight is 470 g/mol. The Hall–Kier alpha value is -0.810. The lowest BCUT2D eigenvalue weighted by Gasteiger charge is -2.25. The topological polar surface area (TPSA) is 69.6 Å². The zero-order chi connectivity index (χ0) is 22.0. The van der Waals surface area contributed by atoms with Crippen molar-refractivity contribution in [1.82, 2.24) is 5.32 Å². The van der Waals surface area contributed by atoms with Gasteiger partial charge in [-0.15, -0.1) is 11.8 Å². The van der Waals surface area contributed by atoms with Crippen LogP contribution in [0.4, 0.5) is 0 Å². The van der Waals surface area contributed by atoms with Crippen molar-refractivity contribution in [1.29, 1.82) is 0 Å². The van der Waals surface area contributed by atoms with Gasteiger partial charge in [-0.05, 0) is 60.2 Å². The Bertz CT molecular complexity index is 826. The van der Waals surface area contributed by atoms with E-state index >= 15 is 0 Å². The van der Waals surface area contributed by atoms with Crippen LogP contribution in [0.2, 0.25) is 5.02 Å². The first-order valence-corrected chi connectivity index (χ1v) is 13.6. The molecule has 0 radical (unpaired) electrons. The lowest BCUT2D eigenvalue weighted by atomic mass is 9.80. The lowest BCUT2D eigenvalue weighted by molar-refractivity contribution is 0.371. The van der Waals surface area contributed by atoms with Crippen LogP contribution >= 0.6 is 31.0 Å². The van der Waals surface area contributed by atoms with Gasteiger partial charge >= 0.3 is 7.60 Å². The molecule has 0 bridgehead atoms. The first kappa shape index (κ1) is 25.5. The molecule has 2 aromatic rings. The van der Waals surface area contributed by atoms with Crippen LogP contribution in [0, 0.1) is 0 Å². The Morgan fingerprint density at radius 3 is 2.47 bits per heavy atom. The molecule has 0 unspecified atom stereocenters. The van der Waals surface area contributed by atoms with Crippen LogP contribution in [0.1, 0.15) is 50.7 Å². The third-order valence-electron chi connectivity index (χ3n) is 5.14. The summed E-state index contributed by atoms with van der Waals surface area (Å²) in [6.07, 6.45) is 3.87. The Morgan fingerprint density at radius 2 is 1.80 bits per heavy atom. The molecule has 3 N–H and O–H groups in total. The number of nitrogens with one attached hydrogen (secondary N) is 1. The summed E-state index contributed by atoms with van der Waals surface area (Å²) in [6.45, 7) is 5.83. The smallest absolute Gasteiger partial charge is 0.324 e. The van der Waals surface area contributed by atoms with Crippen LogP contribution in [0.5, 0.6) is 0 Å². The molecule has 0 atom stereocenters. The predicted octanol–water partition coefficient (Wildman–Crippen LogP) is 6.24. The van der Waals surface area contributed by atoms with Gasteiger partial charge in [-0.2, -0.15) is 0 Å². The molecular weight excluding hydrogens is 437 g/mol. The maximum atomic E-state index is 10.8. The van der Waals surface area contributed by atoms with Gasteiger partial charge in [0.1, 0.15) is 0 Å². The fraction of sp³-hybridized carbons (Fsp3) is 0.478. The van der Waals surface area contributed by atoms with E-state index in [1.807, 2.05) is 6.07 Å². The summed E-state index contributed by atoms with van der Waals surface area (Å²) in [4.78, 5) is 18.8. The quantitative estimate of drug-likeness (QED) is 0.184. The molecule has 0 aromatic heterocycles. The molecule has 0 aliphatic rings. The molecule has 0 aliphatic carbocycles. The summed E-state index contributed by atoms with van der Waals surface area (Å²) >= 11 is 8.24. The highest BCUT2D eigenvalue weighted by molar-refractivity contribution is 7.99. The first-order chi connectivity index (χ1) is 14.2. The normalized spacial score (nSPS) is 12.3. The molecular formula is C23H33ClNO3PS.